The van der Waals surface area contributed by atoms with E-state index in [1.807, 2.05) is 55.5 Å². The van der Waals surface area contributed by atoms with E-state index in [0.29, 0.717) is 12.2 Å². The summed E-state index contributed by atoms with van der Waals surface area (Å²) in [6.45, 7) is 1.85. The summed E-state index contributed by atoms with van der Waals surface area (Å²) in [4.78, 5) is 17.9. The zero-order chi connectivity index (χ0) is 12.1. The fourth-order valence-corrected chi connectivity index (χ4v) is 1.63. The number of carbonyl (C=O) groups is 1. The van der Waals surface area contributed by atoms with Crippen LogP contribution < -0.4 is 4.90 Å². The Morgan fingerprint density at radius 2 is 1.60 bits per heavy atom. The molecule has 0 atom stereocenters. The number of rotatable bonds is 3. The molecule has 0 radical (unpaired) electrons. The molecule has 2 aromatic rings. The molecule has 0 aliphatic heterocycles. The first-order valence-corrected chi connectivity index (χ1v) is 5.62. The lowest BCUT2D eigenvalue weighted by atomic mass is 10.2. The molecule has 0 aliphatic carbocycles. The third-order valence-corrected chi connectivity index (χ3v) is 2.44. The molecule has 0 spiro atoms. The summed E-state index contributed by atoms with van der Waals surface area (Å²) >= 11 is 0. The van der Waals surface area contributed by atoms with E-state index in [9.17, 15) is 4.79 Å². The van der Waals surface area contributed by atoms with Gasteiger partial charge in [0.2, 0.25) is 5.91 Å². The van der Waals surface area contributed by atoms with Gasteiger partial charge >= 0.3 is 0 Å². The number of aromatic nitrogens is 1. The molecule has 0 bridgehead atoms. The molecular formula is C14H17Cl3N2O. The number of para-hydroxylation sites is 1. The van der Waals surface area contributed by atoms with Crippen LogP contribution in [-0.4, -0.2) is 10.9 Å². The second kappa shape index (κ2) is 10.5. The highest BCUT2D eigenvalue weighted by Crippen LogP contribution is 2.23. The van der Waals surface area contributed by atoms with Gasteiger partial charge in [-0.15, -0.1) is 37.2 Å². The van der Waals surface area contributed by atoms with Gasteiger partial charge in [-0.2, -0.15) is 0 Å². The van der Waals surface area contributed by atoms with Crippen molar-refractivity contribution in [3.8, 4) is 0 Å². The van der Waals surface area contributed by atoms with Crippen molar-refractivity contribution < 1.29 is 4.79 Å². The van der Waals surface area contributed by atoms with Gasteiger partial charge in [0, 0.05) is 12.6 Å². The van der Waals surface area contributed by atoms with Crippen molar-refractivity contribution in [3.05, 3.63) is 54.7 Å². The highest BCUT2D eigenvalue weighted by atomic mass is 35.5. The van der Waals surface area contributed by atoms with Crippen LogP contribution in [-0.2, 0) is 4.79 Å². The van der Waals surface area contributed by atoms with E-state index in [1.54, 1.807) is 11.1 Å². The third kappa shape index (κ3) is 5.00. The van der Waals surface area contributed by atoms with Crippen molar-refractivity contribution in [2.75, 3.05) is 4.90 Å². The third-order valence-electron chi connectivity index (χ3n) is 2.44. The van der Waals surface area contributed by atoms with Crippen LogP contribution in [0.5, 0.6) is 0 Å². The first kappa shape index (κ1) is 21.0. The van der Waals surface area contributed by atoms with Gasteiger partial charge in [-0.1, -0.05) is 31.2 Å². The predicted octanol–water partition coefficient (Wildman–Crippen LogP) is 4.42. The maximum atomic E-state index is 12.0. The summed E-state index contributed by atoms with van der Waals surface area (Å²) < 4.78 is 0. The van der Waals surface area contributed by atoms with Gasteiger partial charge in [0.1, 0.15) is 5.82 Å². The zero-order valence-corrected chi connectivity index (χ0v) is 13.4. The van der Waals surface area contributed by atoms with Gasteiger partial charge in [-0.05, 0) is 24.3 Å². The average Bonchev–Trinajstić information content (AvgIpc) is 2.41. The normalized spacial score (nSPS) is 8.45. The van der Waals surface area contributed by atoms with Crippen molar-refractivity contribution in [1.82, 2.24) is 4.98 Å². The number of benzene rings is 1. The summed E-state index contributed by atoms with van der Waals surface area (Å²) in [5.74, 6) is 0.695. The molecular weight excluding hydrogens is 319 g/mol. The quantitative estimate of drug-likeness (QED) is 0.831. The lowest BCUT2D eigenvalue weighted by Crippen LogP contribution is -2.25. The second-order valence-electron chi connectivity index (χ2n) is 3.61. The molecule has 6 heteroatoms. The van der Waals surface area contributed by atoms with Crippen LogP contribution in [0.25, 0.3) is 0 Å². The van der Waals surface area contributed by atoms with Crippen LogP contribution in [0.1, 0.15) is 13.3 Å². The lowest BCUT2D eigenvalue weighted by molar-refractivity contribution is -0.117. The first-order valence-electron chi connectivity index (χ1n) is 5.62. The average molecular weight is 336 g/mol. The Kier molecular flexibility index (Phi) is 11.0. The Labute approximate surface area is 137 Å². The molecule has 0 saturated carbocycles. The molecule has 1 amide bonds. The molecule has 1 aromatic carbocycles. The Morgan fingerprint density at radius 3 is 2.10 bits per heavy atom. The van der Waals surface area contributed by atoms with E-state index in [1.165, 1.54) is 0 Å². The van der Waals surface area contributed by atoms with Gasteiger partial charge in [-0.25, -0.2) is 4.98 Å². The van der Waals surface area contributed by atoms with E-state index >= 15 is 0 Å². The van der Waals surface area contributed by atoms with E-state index in [-0.39, 0.29) is 43.1 Å². The summed E-state index contributed by atoms with van der Waals surface area (Å²) in [6.07, 6.45) is 2.14. The lowest BCUT2D eigenvalue weighted by Gasteiger charge is -2.21. The van der Waals surface area contributed by atoms with Crippen LogP contribution in [0, 0.1) is 0 Å². The highest BCUT2D eigenvalue weighted by Gasteiger charge is 2.16. The minimum atomic E-state index is 0. The van der Waals surface area contributed by atoms with Crippen molar-refractivity contribution in [2.24, 2.45) is 0 Å². The van der Waals surface area contributed by atoms with E-state index in [2.05, 4.69) is 4.98 Å². The number of hydrogen-bond acceptors (Lipinski definition) is 2. The van der Waals surface area contributed by atoms with Crippen LogP contribution in [0.4, 0.5) is 11.5 Å². The minimum Gasteiger partial charge on any atom is -0.274 e. The fraction of sp³-hybridized carbons (Fsp3) is 0.143. The molecule has 20 heavy (non-hydrogen) atoms. The number of anilines is 2. The SMILES string of the molecule is CCC(=O)N(c1ccccc1)c1ccccn1.Cl.Cl.Cl. The molecule has 1 heterocycles. The number of pyridine rings is 1. The smallest absolute Gasteiger partial charge is 0.232 e. The van der Waals surface area contributed by atoms with Crippen molar-refractivity contribution in [1.29, 1.82) is 0 Å². The zero-order valence-electron chi connectivity index (χ0n) is 10.9. The summed E-state index contributed by atoms with van der Waals surface area (Å²) in [5.41, 5.74) is 0.845. The standard InChI is InChI=1S/C14H14N2O.3ClH/c1-2-14(17)16(12-8-4-3-5-9-12)13-10-6-7-11-15-13;;;/h3-11H,2H2,1H3;3*1H. The molecule has 0 saturated heterocycles. The number of amides is 1. The Bertz CT molecular complexity index is 455. The second-order valence-corrected chi connectivity index (χ2v) is 3.61. The van der Waals surface area contributed by atoms with Gasteiger partial charge in [-0.3, -0.25) is 9.69 Å². The summed E-state index contributed by atoms with van der Waals surface area (Å²) in [5, 5.41) is 0. The summed E-state index contributed by atoms with van der Waals surface area (Å²) in [6, 6.07) is 15.1. The first-order chi connectivity index (χ1) is 8.33. The van der Waals surface area contributed by atoms with Crippen LogP contribution in [0.2, 0.25) is 0 Å². The number of nitrogens with zero attached hydrogens (tertiary/aromatic N) is 2. The topological polar surface area (TPSA) is 33.2 Å². The van der Waals surface area contributed by atoms with Gasteiger partial charge < -0.3 is 0 Å². The largest absolute Gasteiger partial charge is 0.274 e. The predicted molar refractivity (Wildman–Crippen MR) is 89.9 cm³/mol. The number of hydrogen-bond donors (Lipinski definition) is 0. The minimum absolute atomic E-state index is 0. The molecule has 0 fully saturated rings. The Balaban J connectivity index is 0. The fourth-order valence-electron chi connectivity index (χ4n) is 1.63. The molecule has 1 aromatic heterocycles. The van der Waals surface area contributed by atoms with E-state index in [0.717, 1.165) is 5.69 Å². The van der Waals surface area contributed by atoms with Crippen LogP contribution in [0.3, 0.4) is 0 Å². The molecule has 2 rings (SSSR count). The monoisotopic (exact) mass is 334 g/mol. The van der Waals surface area contributed by atoms with E-state index in [4.69, 9.17) is 0 Å². The number of carbonyl (C=O) groups excluding carboxylic acids is 1. The van der Waals surface area contributed by atoms with Crippen molar-refractivity contribution in [3.63, 3.8) is 0 Å². The molecule has 0 N–H and O–H groups in total. The van der Waals surface area contributed by atoms with Crippen LogP contribution in [0.15, 0.2) is 54.7 Å². The van der Waals surface area contributed by atoms with Crippen LogP contribution >= 0.6 is 37.2 Å². The maximum Gasteiger partial charge on any atom is 0.232 e. The van der Waals surface area contributed by atoms with E-state index < -0.39 is 0 Å². The molecule has 0 aliphatic rings. The Hall–Kier alpha value is -1.29. The molecule has 110 valence electrons. The molecule has 3 nitrogen and oxygen atoms in total. The van der Waals surface area contributed by atoms with Gasteiger partial charge in [0.05, 0.1) is 5.69 Å². The number of halogens is 3. The van der Waals surface area contributed by atoms with Crippen molar-refractivity contribution >= 4 is 54.6 Å². The van der Waals surface area contributed by atoms with Gasteiger partial charge in [0.15, 0.2) is 0 Å². The molecule has 0 unspecified atom stereocenters. The van der Waals surface area contributed by atoms with Crippen molar-refractivity contribution in [2.45, 2.75) is 13.3 Å². The van der Waals surface area contributed by atoms with Gasteiger partial charge in [0.25, 0.3) is 0 Å². The summed E-state index contributed by atoms with van der Waals surface area (Å²) in [7, 11) is 0. The Morgan fingerprint density at radius 1 is 1.00 bits per heavy atom. The maximum absolute atomic E-state index is 12.0. The highest BCUT2D eigenvalue weighted by molar-refractivity contribution is 5.99.